The number of halogens is 2. The number of nitrogens with zero attached hydrogens (tertiary/aromatic N) is 1. The van der Waals surface area contributed by atoms with Crippen LogP contribution < -0.4 is 5.73 Å². The molecule has 0 aliphatic carbocycles. The molecule has 3 unspecified atom stereocenters. The Morgan fingerprint density at radius 1 is 1.42 bits per heavy atom. The molecule has 1 aliphatic heterocycles. The van der Waals surface area contributed by atoms with E-state index in [0.717, 1.165) is 12.0 Å². The summed E-state index contributed by atoms with van der Waals surface area (Å²) in [6.45, 7) is 4.07. The molecule has 3 atom stereocenters. The highest BCUT2D eigenvalue weighted by molar-refractivity contribution is 6.36. The van der Waals surface area contributed by atoms with Gasteiger partial charge in [-0.05, 0) is 25.5 Å². The summed E-state index contributed by atoms with van der Waals surface area (Å²) in [4.78, 5) is 14.0. The molecular weight excluding hydrogens is 283 g/mol. The van der Waals surface area contributed by atoms with Crippen LogP contribution in [0.5, 0.6) is 0 Å². The van der Waals surface area contributed by atoms with Crippen LogP contribution in [0.4, 0.5) is 0 Å². The van der Waals surface area contributed by atoms with Gasteiger partial charge in [-0.3, -0.25) is 4.79 Å². The van der Waals surface area contributed by atoms with Crippen molar-refractivity contribution in [1.29, 1.82) is 0 Å². The van der Waals surface area contributed by atoms with Crippen molar-refractivity contribution in [2.75, 3.05) is 0 Å². The highest BCUT2D eigenvalue weighted by atomic mass is 35.5. The second-order valence-electron chi connectivity index (χ2n) is 5.01. The fraction of sp³-hybridized carbons (Fsp3) is 0.500. The first-order chi connectivity index (χ1) is 8.97. The predicted octanol–water partition coefficient (Wildman–Crippen LogP) is 3.39. The van der Waals surface area contributed by atoms with E-state index in [9.17, 15) is 4.79 Å². The minimum atomic E-state index is -0.265. The van der Waals surface area contributed by atoms with E-state index in [0.29, 0.717) is 16.5 Å². The maximum Gasteiger partial charge on any atom is 0.225 e. The Labute approximate surface area is 123 Å². The van der Waals surface area contributed by atoms with Gasteiger partial charge in [0.15, 0.2) is 0 Å². The van der Waals surface area contributed by atoms with Crippen molar-refractivity contribution >= 4 is 29.1 Å². The van der Waals surface area contributed by atoms with Crippen LogP contribution in [0.1, 0.15) is 38.3 Å². The SMILES string of the molecule is CCC(C)N1C(=O)CC(N)C1c1c(Cl)cccc1Cl. The number of benzene rings is 1. The number of hydrogen-bond acceptors (Lipinski definition) is 2. The molecule has 19 heavy (non-hydrogen) atoms. The Balaban J connectivity index is 2.48. The monoisotopic (exact) mass is 300 g/mol. The Morgan fingerprint density at radius 3 is 2.53 bits per heavy atom. The van der Waals surface area contributed by atoms with Crippen molar-refractivity contribution in [3.8, 4) is 0 Å². The summed E-state index contributed by atoms with van der Waals surface area (Å²) in [5.41, 5.74) is 6.91. The molecule has 1 aromatic carbocycles. The number of carbonyl (C=O) groups excluding carboxylic acids is 1. The summed E-state index contributed by atoms with van der Waals surface area (Å²) in [7, 11) is 0. The number of likely N-dealkylation sites (tertiary alicyclic amines) is 1. The highest BCUT2D eigenvalue weighted by Crippen LogP contribution is 2.41. The largest absolute Gasteiger partial charge is 0.331 e. The zero-order valence-electron chi connectivity index (χ0n) is 11.1. The van der Waals surface area contributed by atoms with Gasteiger partial charge in [0, 0.05) is 34.1 Å². The van der Waals surface area contributed by atoms with E-state index < -0.39 is 0 Å². The van der Waals surface area contributed by atoms with E-state index in [-0.39, 0.29) is 24.0 Å². The summed E-state index contributed by atoms with van der Waals surface area (Å²) >= 11 is 12.5. The fourth-order valence-electron chi connectivity index (χ4n) is 2.64. The van der Waals surface area contributed by atoms with Crippen molar-refractivity contribution in [2.24, 2.45) is 5.73 Å². The number of nitrogens with two attached hydrogens (primary N) is 1. The predicted molar refractivity (Wildman–Crippen MR) is 78.4 cm³/mol. The molecule has 1 heterocycles. The zero-order chi connectivity index (χ0) is 14.2. The molecule has 3 nitrogen and oxygen atoms in total. The van der Waals surface area contributed by atoms with Crippen molar-refractivity contribution in [3.63, 3.8) is 0 Å². The van der Waals surface area contributed by atoms with Crippen molar-refractivity contribution in [2.45, 2.75) is 44.8 Å². The van der Waals surface area contributed by atoms with Crippen molar-refractivity contribution in [1.82, 2.24) is 4.90 Å². The van der Waals surface area contributed by atoms with Gasteiger partial charge in [-0.25, -0.2) is 0 Å². The number of rotatable bonds is 3. The Morgan fingerprint density at radius 2 is 2.00 bits per heavy atom. The first-order valence-electron chi connectivity index (χ1n) is 6.48. The van der Waals surface area contributed by atoms with Gasteiger partial charge in [0.25, 0.3) is 0 Å². The molecule has 0 saturated carbocycles. The third-order valence-electron chi connectivity index (χ3n) is 3.76. The molecule has 1 fully saturated rings. The van der Waals surface area contributed by atoms with Crippen molar-refractivity contribution in [3.05, 3.63) is 33.8 Å². The zero-order valence-corrected chi connectivity index (χ0v) is 12.6. The summed E-state index contributed by atoms with van der Waals surface area (Å²) in [6, 6.07) is 4.99. The first kappa shape index (κ1) is 14.6. The number of carbonyl (C=O) groups is 1. The van der Waals surface area contributed by atoms with Crippen LogP contribution in [0.25, 0.3) is 0 Å². The van der Waals surface area contributed by atoms with Gasteiger partial charge < -0.3 is 10.6 Å². The van der Waals surface area contributed by atoms with Gasteiger partial charge in [0.1, 0.15) is 0 Å². The number of hydrogen-bond donors (Lipinski definition) is 1. The molecule has 0 spiro atoms. The Bertz CT molecular complexity index is 472. The topological polar surface area (TPSA) is 46.3 Å². The maximum atomic E-state index is 12.2. The third-order valence-corrected chi connectivity index (χ3v) is 4.42. The molecule has 104 valence electrons. The smallest absolute Gasteiger partial charge is 0.225 e. The molecule has 1 amide bonds. The molecular formula is C14H18Cl2N2O. The van der Waals surface area contributed by atoms with Crippen LogP contribution >= 0.6 is 23.2 Å². The van der Waals surface area contributed by atoms with Crippen LogP contribution in [0.3, 0.4) is 0 Å². The molecule has 1 aromatic rings. The van der Waals surface area contributed by atoms with Gasteiger partial charge in [0.2, 0.25) is 5.91 Å². The lowest BCUT2D eigenvalue weighted by atomic mass is 9.99. The first-order valence-corrected chi connectivity index (χ1v) is 7.23. The van der Waals surface area contributed by atoms with Gasteiger partial charge in [-0.1, -0.05) is 36.2 Å². The van der Waals surface area contributed by atoms with Crippen LogP contribution in [-0.4, -0.2) is 22.9 Å². The summed E-state index contributed by atoms with van der Waals surface area (Å²) in [5, 5.41) is 1.13. The Hall–Kier alpha value is -0.770. The van der Waals surface area contributed by atoms with E-state index in [1.54, 1.807) is 18.2 Å². The standard InChI is InChI=1S/C14H18Cl2N2O/c1-3-8(2)18-12(19)7-11(17)14(18)13-9(15)5-4-6-10(13)16/h4-6,8,11,14H,3,7,17H2,1-2H3. The van der Waals surface area contributed by atoms with E-state index in [1.807, 2.05) is 18.7 Å². The van der Waals surface area contributed by atoms with Crippen LogP contribution in [0.2, 0.25) is 10.0 Å². The highest BCUT2D eigenvalue weighted by Gasteiger charge is 2.42. The van der Waals surface area contributed by atoms with Gasteiger partial charge in [-0.15, -0.1) is 0 Å². The second kappa shape index (κ2) is 5.70. The minimum Gasteiger partial charge on any atom is -0.331 e. The average Bonchev–Trinajstić information content (AvgIpc) is 2.64. The van der Waals surface area contributed by atoms with E-state index in [4.69, 9.17) is 28.9 Å². The molecule has 1 saturated heterocycles. The molecule has 0 aromatic heterocycles. The van der Waals surface area contributed by atoms with E-state index >= 15 is 0 Å². The molecule has 2 N–H and O–H groups in total. The van der Waals surface area contributed by atoms with Gasteiger partial charge >= 0.3 is 0 Å². The quantitative estimate of drug-likeness (QED) is 0.930. The maximum absolute atomic E-state index is 12.2. The lowest BCUT2D eigenvalue weighted by Crippen LogP contribution is -2.39. The lowest BCUT2D eigenvalue weighted by Gasteiger charge is -2.33. The Kier molecular flexibility index (Phi) is 4.39. The molecule has 1 aliphatic rings. The average molecular weight is 301 g/mol. The van der Waals surface area contributed by atoms with Crippen LogP contribution in [0, 0.1) is 0 Å². The minimum absolute atomic E-state index is 0.0721. The molecule has 0 radical (unpaired) electrons. The number of amides is 1. The lowest BCUT2D eigenvalue weighted by molar-refractivity contribution is -0.131. The van der Waals surface area contributed by atoms with Gasteiger partial charge in [-0.2, -0.15) is 0 Å². The summed E-state index contributed by atoms with van der Waals surface area (Å²) in [6.07, 6.45) is 1.22. The second-order valence-corrected chi connectivity index (χ2v) is 5.82. The fourth-order valence-corrected chi connectivity index (χ4v) is 3.26. The van der Waals surface area contributed by atoms with Crippen molar-refractivity contribution < 1.29 is 4.79 Å². The normalized spacial score (nSPS) is 24.9. The van der Waals surface area contributed by atoms with Gasteiger partial charge in [0.05, 0.1) is 6.04 Å². The van der Waals surface area contributed by atoms with E-state index in [1.165, 1.54) is 0 Å². The van der Waals surface area contributed by atoms with Crippen LogP contribution in [-0.2, 0) is 4.79 Å². The van der Waals surface area contributed by atoms with E-state index in [2.05, 4.69) is 0 Å². The molecule has 5 heteroatoms. The molecule has 2 rings (SSSR count). The third kappa shape index (κ3) is 2.60. The van der Waals surface area contributed by atoms with Crippen LogP contribution in [0.15, 0.2) is 18.2 Å². The summed E-state index contributed by atoms with van der Waals surface area (Å²) in [5.74, 6) is 0.0721. The molecule has 0 bridgehead atoms. The summed E-state index contributed by atoms with van der Waals surface area (Å²) < 4.78 is 0.